The summed E-state index contributed by atoms with van der Waals surface area (Å²) in [5.74, 6) is -2.59. The van der Waals surface area contributed by atoms with Crippen LogP contribution in [-0.4, -0.2) is 40.6 Å². The molecule has 0 bridgehead atoms. The molecule has 2 aromatic rings. The minimum atomic E-state index is -1.83. The van der Waals surface area contributed by atoms with E-state index in [2.05, 4.69) is 0 Å². The second-order valence-electron chi connectivity index (χ2n) is 6.33. The monoisotopic (exact) mass is 341 g/mol. The molecule has 0 amide bonds. The third kappa shape index (κ3) is 4.90. The SMILES string of the molecule is CN(CCC(Cc1ccccc1)(C(=O)O)C(=O)O)Cc1ccccc1. The molecule has 5 nitrogen and oxygen atoms in total. The average Bonchev–Trinajstić information content (AvgIpc) is 2.60. The molecule has 132 valence electrons. The fraction of sp³-hybridized carbons (Fsp3) is 0.300. The van der Waals surface area contributed by atoms with E-state index in [0.29, 0.717) is 18.7 Å². The quantitative estimate of drug-likeness (QED) is 0.686. The second-order valence-corrected chi connectivity index (χ2v) is 6.33. The Morgan fingerprint density at radius 2 is 1.36 bits per heavy atom. The van der Waals surface area contributed by atoms with Crippen LogP contribution in [-0.2, 0) is 22.6 Å². The van der Waals surface area contributed by atoms with Crippen LogP contribution in [0.5, 0.6) is 0 Å². The van der Waals surface area contributed by atoms with Crippen molar-refractivity contribution in [2.75, 3.05) is 13.6 Å². The van der Waals surface area contributed by atoms with Crippen LogP contribution >= 0.6 is 0 Å². The highest BCUT2D eigenvalue weighted by Gasteiger charge is 2.46. The van der Waals surface area contributed by atoms with Crippen LogP contribution in [0.3, 0.4) is 0 Å². The number of carboxylic acid groups (broad SMARTS) is 2. The molecule has 0 heterocycles. The topological polar surface area (TPSA) is 77.8 Å². The predicted octanol–water partition coefficient (Wildman–Crippen LogP) is 2.91. The minimum Gasteiger partial charge on any atom is -0.480 e. The molecule has 0 saturated carbocycles. The van der Waals surface area contributed by atoms with Crippen molar-refractivity contribution >= 4 is 11.9 Å². The van der Waals surface area contributed by atoms with Crippen LogP contribution in [0.2, 0.25) is 0 Å². The van der Waals surface area contributed by atoms with E-state index < -0.39 is 17.4 Å². The predicted molar refractivity (Wildman–Crippen MR) is 95.2 cm³/mol. The van der Waals surface area contributed by atoms with E-state index >= 15 is 0 Å². The smallest absolute Gasteiger partial charge is 0.321 e. The number of carbonyl (C=O) groups is 2. The van der Waals surface area contributed by atoms with Gasteiger partial charge in [-0.2, -0.15) is 0 Å². The number of hydrogen-bond acceptors (Lipinski definition) is 3. The van der Waals surface area contributed by atoms with Gasteiger partial charge in [-0.05, 0) is 37.6 Å². The number of rotatable bonds is 9. The molecule has 2 N–H and O–H groups in total. The van der Waals surface area contributed by atoms with E-state index in [4.69, 9.17) is 0 Å². The Morgan fingerprint density at radius 3 is 1.84 bits per heavy atom. The van der Waals surface area contributed by atoms with Gasteiger partial charge >= 0.3 is 11.9 Å². The molecule has 2 aromatic carbocycles. The normalized spacial score (nSPS) is 11.4. The van der Waals surface area contributed by atoms with Crippen LogP contribution < -0.4 is 0 Å². The zero-order chi connectivity index (χ0) is 18.3. The molecule has 0 unspecified atom stereocenters. The molecule has 0 aliphatic rings. The first kappa shape index (κ1) is 18.7. The van der Waals surface area contributed by atoms with Crippen molar-refractivity contribution in [1.82, 2.24) is 4.90 Å². The number of benzene rings is 2. The molecule has 0 atom stereocenters. The average molecular weight is 341 g/mol. The molecule has 0 aromatic heterocycles. The van der Waals surface area contributed by atoms with Crippen molar-refractivity contribution in [2.24, 2.45) is 5.41 Å². The van der Waals surface area contributed by atoms with Gasteiger partial charge in [-0.1, -0.05) is 60.7 Å². The van der Waals surface area contributed by atoms with Crippen molar-refractivity contribution in [3.8, 4) is 0 Å². The zero-order valence-electron chi connectivity index (χ0n) is 14.3. The first-order valence-electron chi connectivity index (χ1n) is 8.17. The van der Waals surface area contributed by atoms with Gasteiger partial charge in [-0.15, -0.1) is 0 Å². The summed E-state index contributed by atoms with van der Waals surface area (Å²) in [7, 11) is 1.87. The molecular weight excluding hydrogens is 318 g/mol. The molecule has 0 radical (unpaired) electrons. The number of nitrogens with zero attached hydrogens (tertiary/aromatic N) is 1. The first-order chi connectivity index (χ1) is 11.9. The number of carboxylic acids is 2. The number of aliphatic carboxylic acids is 2. The van der Waals surface area contributed by atoms with Gasteiger partial charge in [0, 0.05) is 6.54 Å². The molecule has 0 saturated heterocycles. The lowest BCUT2D eigenvalue weighted by Crippen LogP contribution is -2.43. The molecule has 25 heavy (non-hydrogen) atoms. The lowest BCUT2D eigenvalue weighted by Gasteiger charge is -2.27. The highest BCUT2D eigenvalue weighted by Crippen LogP contribution is 2.29. The molecular formula is C20H23NO4. The fourth-order valence-electron chi connectivity index (χ4n) is 2.85. The van der Waals surface area contributed by atoms with Gasteiger partial charge in [0.05, 0.1) is 0 Å². The molecule has 5 heteroatoms. The van der Waals surface area contributed by atoms with Crippen LogP contribution in [0.4, 0.5) is 0 Å². The van der Waals surface area contributed by atoms with E-state index in [0.717, 1.165) is 5.56 Å². The van der Waals surface area contributed by atoms with Gasteiger partial charge in [-0.3, -0.25) is 9.59 Å². The summed E-state index contributed by atoms with van der Waals surface area (Å²) in [4.78, 5) is 25.6. The maximum absolute atomic E-state index is 11.8. The third-order valence-corrected chi connectivity index (χ3v) is 4.38. The standard InChI is InChI=1S/C20H23NO4/c1-21(15-17-10-6-3-7-11-17)13-12-20(18(22)23,19(24)25)14-16-8-4-2-5-9-16/h2-11H,12-15H2,1H3,(H,22,23)(H,24,25). The molecule has 2 rings (SSSR count). The lowest BCUT2D eigenvalue weighted by molar-refractivity contribution is -0.165. The Bertz CT molecular complexity index is 686. The summed E-state index contributed by atoms with van der Waals surface area (Å²) in [6.07, 6.45) is 0.00752. The van der Waals surface area contributed by atoms with E-state index in [1.807, 2.05) is 48.3 Å². The van der Waals surface area contributed by atoms with Crippen molar-refractivity contribution in [2.45, 2.75) is 19.4 Å². The molecule has 0 aliphatic heterocycles. The fourth-order valence-corrected chi connectivity index (χ4v) is 2.85. The van der Waals surface area contributed by atoms with Crippen molar-refractivity contribution < 1.29 is 19.8 Å². The Kier molecular flexibility index (Phi) is 6.31. The van der Waals surface area contributed by atoms with Gasteiger partial charge in [0.2, 0.25) is 0 Å². The van der Waals surface area contributed by atoms with Gasteiger partial charge in [-0.25, -0.2) is 0 Å². The van der Waals surface area contributed by atoms with Gasteiger partial charge < -0.3 is 15.1 Å². The lowest BCUT2D eigenvalue weighted by atomic mass is 9.78. The molecule has 0 fully saturated rings. The Labute approximate surface area is 147 Å². The van der Waals surface area contributed by atoms with E-state index in [-0.39, 0.29) is 12.8 Å². The maximum Gasteiger partial charge on any atom is 0.321 e. The summed E-state index contributed by atoms with van der Waals surface area (Å²) in [5, 5.41) is 19.3. The maximum atomic E-state index is 11.8. The minimum absolute atomic E-state index is 0.0301. The van der Waals surface area contributed by atoms with E-state index in [1.165, 1.54) is 0 Å². The first-order valence-corrected chi connectivity index (χ1v) is 8.17. The van der Waals surface area contributed by atoms with Crippen molar-refractivity contribution in [3.05, 3.63) is 71.8 Å². The summed E-state index contributed by atoms with van der Waals surface area (Å²) in [6, 6.07) is 18.7. The third-order valence-electron chi connectivity index (χ3n) is 4.38. The molecule has 0 spiro atoms. The van der Waals surface area contributed by atoms with Gasteiger partial charge in [0.1, 0.15) is 0 Å². The van der Waals surface area contributed by atoms with E-state index in [1.54, 1.807) is 24.3 Å². The Balaban J connectivity index is 2.10. The zero-order valence-corrected chi connectivity index (χ0v) is 14.3. The summed E-state index contributed by atoms with van der Waals surface area (Å²) >= 11 is 0. The second kappa shape index (κ2) is 8.44. The van der Waals surface area contributed by atoms with E-state index in [9.17, 15) is 19.8 Å². The summed E-state index contributed by atoms with van der Waals surface area (Å²) < 4.78 is 0. The van der Waals surface area contributed by atoms with Crippen molar-refractivity contribution in [3.63, 3.8) is 0 Å². The molecule has 0 aliphatic carbocycles. The van der Waals surface area contributed by atoms with Crippen LogP contribution in [0.15, 0.2) is 60.7 Å². The van der Waals surface area contributed by atoms with Crippen molar-refractivity contribution in [1.29, 1.82) is 0 Å². The van der Waals surface area contributed by atoms with Crippen LogP contribution in [0.1, 0.15) is 17.5 Å². The number of hydrogen-bond donors (Lipinski definition) is 2. The Morgan fingerprint density at radius 1 is 0.880 bits per heavy atom. The highest BCUT2D eigenvalue weighted by atomic mass is 16.4. The van der Waals surface area contributed by atoms with Crippen LogP contribution in [0.25, 0.3) is 0 Å². The summed E-state index contributed by atoms with van der Waals surface area (Å²) in [5.41, 5.74) is -0.0194. The largest absolute Gasteiger partial charge is 0.480 e. The summed E-state index contributed by atoms with van der Waals surface area (Å²) in [6.45, 7) is 1.02. The van der Waals surface area contributed by atoms with Crippen LogP contribution in [0, 0.1) is 5.41 Å². The van der Waals surface area contributed by atoms with Gasteiger partial charge in [0.25, 0.3) is 0 Å². The highest BCUT2D eigenvalue weighted by molar-refractivity contribution is 5.98. The van der Waals surface area contributed by atoms with Gasteiger partial charge in [0.15, 0.2) is 5.41 Å². The Hall–Kier alpha value is -2.66.